The summed E-state index contributed by atoms with van der Waals surface area (Å²) in [4.78, 5) is 25.3. The number of rotatable bonds is 9. The average Bonchev–Trinajstić information content (AvgIpc) is 3.48. The summed E-state index contributed by atoms with van der Waals surface area (Å²) in [7, 11) is 0. The Kier molecular flexibility index (Phi) is 8.72. The lowest BCUT2D eigenvalue weighted by atomic mass is 10.1. The van der Waals surface area contributed by atoms with Crippen molar-refractivity contribution >= 4 is 18.0 Å². The first kappa shape index (κ1) is 27.1. The first-order valence-corrected chi connectivity index (χ1v) is 12.1. The minimum atomic E-state index is -1.94. The molecule has 1 aliphatic rings. The van der Waals surface area contributed by atoms with Crippen molar-refractivity contribution in [3.05, 3.63) is 101 Å². The van der Waals surface area contributed by atoms with E-state index in [0.29, 0.717) is 6.61 Å². The van der Waals surface area contributed by atoms with Crippen molar-refractivity contribution in [2.75, 3.05) is 13.2 Å². The van der Waals surface area contributed by atoms with E-state index < -0.39 is 43.2 Å². The third kappa shape index (κ3) is 5.98. The lowest BCUT2D eigenvalue weighted by Crippen LogP contribution is -2.37. The summed E-state index contributed by atoms with van der Waals surface area (Å²) < 4.78 is 39.4. The predicted octanol–water partition coefficient (Wildman–Crippen LogP) is 4.56. The number of ether oxygens (including phenoxy) is 4. The van der Waals surface area contributed by atoms with Crippen molar-refractivity contribution in [1.29, 1.82) is 10.5 Å². The van der Waals surface area contributed by atoms with Crippen molar-refractivity contribution in [1.82, 2.24) is 4.57 Å². The molecule has 4 atom stereocenters. The Morgan fingerprint density at radius 3 is 2.26 bits per heavy atom. The lowest BCUT2D eigenvalue weighted by Gasteiger charge is -2.20. The van der Waals surface area contributed by atoms with Gasteiger partial charge in [0.15, 0.2) is 18.5 Å². The Bertz CT molecular complexity index is 1420. The molecule has 0 radical (unpaired) electrons. The molecule has 2 heterocycles. The van der Waals surface area contributed by atoms with Crippen LogP contribution in [0, 0.1) is 22.7 Å². The van der Waals surface area contributed by atoms with Crippen LogP contribution in [0.4, 0.5) is 4.39 Å². The van der Waals surface area contributed by atoms with Crippen LogP contribution in [0.15, 0.2) is 73.1 Å². The molecule has 0 spiro atoms. The summed E-state index contributed by atoms with van der Waals surface area (Å²) >= 11 is 0. The third-order valence-electron chi connectivity index (χ3n) is 5.97. The maximum Gasteiger partial charge on any atom is 0.338 e. The van der Waals surface area contributed by atoms with Gasteiger partial charge in [0.2, 0.25) is 0 Å². The van der Waals surface area contributed by atoms with Gasteiger partial charge < -0.3 is 23.5 Å². The standard InChI is InChI=1S/C29H24FN3O6/c1-2-36-14-13-23-22(16-32)21(15-31)17-33(23)27-25(30)26(39-29(35)20-11-7-4-8-12-20)24(38-27)18-37-28(34)19-9-5-3-6-10-19/h3-14,17,24-27H,2,18H2,1H3/b14-13+/t24-,25+,26-,27+/m1/s1. The fourth-order valence-electron chi connectivity index (χ4n) is 4.11. The summed E-state index contributed by atoms with van der Waals surface area (Å²) in [6.07, 6.45) is -1.97. The zero-order valence-corrected chi connectivity index (χ0v) is 20.9. The highest BCUT2D eigenvalue weighted by molar-refractivity contribution is 5.90. The molecule has 0 unspecified atom stereocenters. The fraction of sp³-hybridized carbons (Fsp3) is 0.241. The van der Waals surface area contributed by atoms with Gasteiger partial charge in [-0.3, -0.25) is 0 Å². The minimum absolute atomic E-state index is 0.000962. The van der Waals surface area contributed by atoms with Crippen molar-refractivity contribution in [3.63, 3.8) is 0 Å². The van der Waals surface area contributed by atoms with Gasteiger partial charge in [-0.15, -0.1) is 0 Å². The van der Waals surface area contributed by atoms with Gasteiger partial charge in [0.05, 0.1) is 40.8 Å². The van der Waals surface area contributed by atoms with Crippen LogP contribution in [0.25, 0.3) is 6.08 Å². The van der Waals surface area contributed by atoms with Crippen LogP contribution in [0.5, 0.6) is 0 Å². The Morgan fingerprint density at radius 2 is 1.67 bits per heavy atom. The van der Waals surface area contributed by atoms with E-state index in [1.165, 1.54) is 35.2 Å². The quantitative estimate of drug-likeness (QED) is 0.292. The highest BCUT2D eigenvalue weighted by Crippen LogP contribution is 2.37. The average molecular weight is 530 g/mol. The van der Waals surface area contributed by atoms with Crippen molar-refractivity contribution < 1.29 is 32.9 Å². The maximum atomic E-state index is 16.0. The molecular weight excluding hydrogens is 505 g/mol. The lowest BCUT2D eigenvalue weighted by molar-refractivity contribution is -0.0579. The highest BCUT2D eigenvalue weighted by Gasteiger charge is 2.50. The maximum absolute atomic E-state index is 16.0. The smallest absolute Gasteiger partial charge is 0.338 e. The van der Waals surface area contributed by atoms with Gasteiger partial charge in [-0.2, -0.15) is 10.5 Å². The first-order valence-electron chi connectivity index (χ1n) is 12.1. The summed E-state index contributed by atoms with van der Waals surface area (Å²) in [5.41, 5.74) is 0.660. The van der Waals surface area contributed by atoms with Gasteiger partial charge in [-0.25, -0.2) is 14.0 Å². The molecule has 39 heavy (non-hydrogen) atoms. The van der Waals surface area contributed by atoms with E-state index in [1.54, 1.807) is 55.5 Å². The molecule has 0 saturated carbocycles. The monoisotopic (exact) mass is 529 g/mol. The van der Waals surface area contributed by atoms with Gasteiger partial charge in [0.1, 0.15) is 24.8 Å². The van der Waals surface area contributed by atoms with Crippen LogP contribution in [0.1, 0.15) is 50.7 Å². The Hall–Kier alpha value is -4.93. The number of alkyl halides is 1. The normalized spacial score (nSPS) is 20.2. The Labute approximate surface area is 224 Å². The van der Waals surface area contributed by atoms with Crippen LogP contribution >= 0.6 is 0 Å². The molecule has 9 nitrogen and oxygen atoms in total. The Morgan fingerprint density at radius 1 is 1.03 bits per heavy atom. The van der Waals surface area contributed by atoms with E-state index in [1.807, 2.05) is 12.1 Å². The second-order valence-corrected chi connectivity index (χ2v) is 8.40. The Balaban J connectivity index is 1.65. The number of aromatic nitrogens is 1. The summed E-state index contributed by atoms with van der Waals surface area (Å²) in [5, 5.41) is 19.2. The molecule has 0 N–H and O–H groups in total. The number of halogens is 1. The van der Waals surface area contributed by atoms with Gasteiger partial charge in [0.25, 0.3) is 0 Å². The molecule has 1 aliphatic heterocycles. The molecule has 0 amide bonds. The van der Waals surface area contributed by atoms with Gasteiger partial charge in [-0.1, -0.05) is 36.4 Å². The molecule has 2 aromatic carbocycles. The van der Waals surface area contributed by atoms with Crippen LogP contribution in [0.2, 0.25) is 0 Å². The molecule has 1 fully saturated rings. The van der Waals surface area contributed by atoms with Gasteiger partial charge >= 0.3 is 11.9 Å². The second-order valence-electron chi connectivity index (χ2n) is 8.40. The number of hydrogen-bond donors (Lipinski definition) is 0. The SMILES string of the molecule is CCO/C=C/c1c(C#N)c(C#N)cn1[C@H]1O[C@H](COC(=O)c2ccccc2)[C@@H](OC(=O)c2ccccc2)[C@@H]1F. The van der Waals surface area contributed by atoms with E-state index in [-0.39, 0.29) is 27.9 Å². The second kappa shape index (κ2) is 12.5. The van der Waals surface area contributed by atoms with E-state index in [2.05, 4.69) is 0 Å². The molecule has 1 aromatic heterocycles. The first-order chi connectivity index (χ1) is 19.0. The summed E-state index contributed by atoms with van der Waals surface area (Å²) in [6.45, 7) is 1.70. The fourth-order valence-corrected chi connectivity index (χ4v) is 4.11. The van der Waals surface area contributed by atoms with E-state index in [4.69, 9.17) is 18.9 Å². The number of nitrogens with zero attached hydrogens (tertiary/aromatic N) is 3. The zero-order chi connectivity index (χ0) is 27.8. The van der Waals surface area contributed by atoms with Crippen LogP contribution in [-0.2, 0) is 18.9 Å². The molecule has 0 aliphatic carbocycles. The van der Waals surface area contributed by atoms with Crippen molar-refractivity contribution in [2.45, 2.75) is 31.5 Å². The number of nitriles is 2. The zero-order valence-electron chi connectivity index (χ0n) is 20.9. The molecule has 3 aromatic rings. The van der Waals surface area contributed by atoms with E-state index >= 15 is 4.39 Å². The molecule has 198 valence electrons. The van der Waals surface area contributed by atoms with Crippen molar-refractivity contribution in [2.24, 2.45) is 0 Å². The van der Waals surface area contributed by atoms with Crippen LogP contribution in [-0.4, -0.2) is 48.1 Å². The minimum Gasteiger partial charge on any atom is -0.501 e. The predicted molar refractivity (Wildman–Crippen MR) is 136 cm³/mol. The van der Waals surface area contributed by atoms with E-state index in [0.717, 1.165) is 0 Å². The van der Waals surface area contributed by atoms with Gasteiger partial charge in [-0.05, 0) is 37.3 Å². The number of carbonyl (C=O) groups excluding carboxylic acids is 2. The summed E-state index contributed by atoms with van der Waals surface area (Å²) in [6, 6.07) is 20.1. The molecule has 4 rings (SSSR count). The number of esters is 2. The molecule has 0 bridgehead atoms. The number of benzene rings is 2. The largest absolute Gasteiger partial charge is 0.501 e. The van der Waals surface area contributed by atoms with Crippen LogP contribution < -0.4 is 0 Å². The highest BCUT2D eigenvalue weighted by atomic mass is 19.1. The number of hydrogen-bond acceptors (Lipinski definition) is 8. The summed E-state index contributed by atoms with van der Waals surface area (Å²) in [5.74, 6) is -1.45. The topological polar surface area (TPSA) is 124 Å². The van der Waals surface area contributed by atoms with Gasteiger partial charge in [0, 0.05) is 6.20 Å². The van der Waals surface area contributed by atoms with Crippen molar-refractivity contribution in [3.8, 4) is 12.1 Å². The van der Waals surface area contributed by atoms with E-state index in [9.17, 15) is 20.1 Å². The molecular formula is C29H24FN3O6. The molecule has 10 heteroatoms. The third-order valence-corrected chi connectivity index (χ3v) is 5.97. The molecule has 1 saturated heterocycles. The van der Waals surface area contributed by atoms with Crippen LogP contribution in [0.3, 0.4) is 0 Å². The number of carbonyl (C=O) groups is 2.